The van der Waals surface area contributed by atoms with Crippen LogP contribution >= 0.6 is 0 Å². The molecule has 4 aliphatic rings. The fourth-order valence-corrected chi connectivity index (χ4v) is 6.08. The molecule has 0 aromatic heterocycles. The number of carbonyl (C=O) groups is 2. The predicted octanol–water partition coefficient (Wildman–Crippen LogP) is 3.98. The summed E-state index contributed by atoms with van der Waals surface area (Å²) in [6.45, 7) is 2.23. The molecule has 0 heterocycles. The molecule has 1 aromatic carbocycles. The van der Waals surface area contributed by atoms with Crippen LogP contribution in [0, 0.1) is 23.2 Å². The summed E-state index contributed by atoms with van der Waals surface area (Å²) < 4.78 is 0. The number of hydrogen-bond donors (Lipinski definition) is 2. The molecule has 2 N–H and O–H groups in total. The Balaban J connectivity index is 1.33. The first-order valence-corrected chi connectivity index (χ1v) is 9.67. The molecular formula is C21H28N2O2. The zero-order chi connectivity index (χ0) is 17.4. The molecule has 4 fully saturated rings. The van der Waals surface area contributed by atoms with Crippen LogP contribution in [0.5, 0.6) is 0 Å². The smallest absolute Gasteiger partial charge is 0.251 e. The second-order valence-corrected chi connectivity index (χ2v) is 8.69. The van der Waals surface area contributed by atoms with Crippen LogP contribution in [-0.2, 0) is 4.79 Å². The number of hydrogen-bond acceptors (Lipinski definition) is 2. The van der Waals surface area contributed by atoms with Crippen molar-refractivity contribution in [2.24, 2.45) is 23.2 Å². The zero-order valence-electron chi connectivity index (χ0n) is 15.0. The van der Waals surface area contributed by atoms with Gasteiger partial charge in [0, 0.05) is 24.7 Å². The molecular weight excluding hydrogens is 312 g/mol. The Morgan fingerprint density at radius 1 is 1.08 bits per heavy atom. The normalized spacial score (nSPS) is 32.4. The Morgan fingerprint density at radius 2 is 1.72 bits per heavy atom. The lowest BCUT2D eigenvalue weighted by Crippen LogP contribution is -2.47. The predicted molar refractivity (Wildman–Crippen MR) is 98.3 cm³/mol. The maximum absolute atomic E-state index is 12.4. The molecule has 4 aliphatic carbocycles. The van der Waals surface area contributed by atoms with Gasteiger partial charge in [0.1, 0.15) is 0 Å². The van der Waals surface area contributed by atoms with Gasteiger partial charge in [-0.15, -0.1) is 0 Å². The third kappa shape index (κ3) is 3.58. The van der Waals surface area contributed by atoms with Crippen LogP contribution in [0.3, 0.4) is 0 Å². The molecule has 4 heteroatoms. The zero-order valence-corrected chi connectivity index (χ0v) is 15.0. The molecule has 0 aliphatic heterocycles. The van der Waals surface area contributed by atoms with E-state index in [4.69, 9.17) is 0 Å². The summed E-state index contributed by atoms with van der Waals surface area (Å²) in [5, 5.41) is 5.83. The molecule has 0 unspecified atom stereocenters. The van der Waals surface area contributed by atoms with E-state index in [0.717, 1.165) is 30.7 Å². The second kappa shape index (κ2) is 6.47. The van der Waals surface area contributed by atoms with E-state index < -0.39 is 0 Å². The van der Waals surface area contributed by atoms with Gasteiger partial charge < -0.3 is 10.6 Å². The first kappa shape index (κ1) is 16.6. The van der Waals surface area contributed by atoms with E-state index in [9.17, 15) is 9.59 Å². The summed E-state index contributed by atoms with van der Waals surface area (Å²) in [7, 11) is 0. The highest BCUT2D eigenvalue weighted by Gasteiger charge is 2.50. The summed E-state index contributed by atoms with van der Waals surface area (Å²) in [6.07, 6.45) is 9.64. The van der Waals surface area contributed by atoms with E-state index in [-0.39, 0.29) is 11.8 Å². The van der Waals surface area contributed by atoms with Crippen molar-refractivity contribution in [3.05, 3.63) is 29.8 Å². The van der Waals surface area contributed by atoms with Gasteiger partial charge >= 0.3 is 0 Å². The molecule has 4 nitrogen and oxygen atoms in total. The number of nitrogens with one attached hydrogen (secondary N) is 2. The van der Waals surface area contributed by atoms with Crippen LogP contribution in [0.25, 0.3) is 0 Å². The van der Waals surface area contributed by atoms with Crippen LogP contribution in [0.15, 0.2) is 24.3 Å². The van der Waals surface area contributed by atoms with Gasteiger partial charge in [-0.25, -0.2) is 0 Å². The summed E-state index contributed by atoms with van der Waals surface area (Å²) >= 11 is 0. The Bertz CT molecular complexity index is 647. The van der Waals surface area contributed by atoms with Crippen molar-refractivity contribution in [3.63, 3.8) is 0 Å². The first-order valence-electron chi connectivity index (χ1n) is 9.67. The Hall–Kier alpha value is -1.84. The van der Waals surface area contributed by atoms with Gasteiger partial charge in [0.2, 0.25) is 5.91 Å². The van der Waals surface area contributed by atoms with Crippen LogP contribution in [0.2, 0.25) is 0 Å². The fraction of sp³-hybridized carbons (Fsp3) is 0.619. The largest absolute Gasteiger partial charge is 0.352 e. The minimum atomic E-state index is -0.126. The third-order valence-corrected chi connectivity index (χ3v) is 6.55. The van der Waals surface area contributed by atoms with Crippen LogP contribution in [0.1, 0.15) is 62.2 Å². The lowest BCUT2D eigenvalue weighted by atomic mass is 9.49. The van der Waals surface area contributed by atoms with Crippen LogP contribution < -0.4 is 10.6 Å². The van der Waals surface area contributed by atoms with Gasteiger partial charge in [-0.05, 0) is 86.3 Å². The monoisotopic (exact) mass is 340 g/mol. The molecule has 25 heavy (non-hydrogen) atoms. The molecule has 4 saturated carbocycles. The summed E-state index contributed by atoms with van der Waals surface area (Å²) in [6, 6.07) is 7.14. The van der Waals surface area contributed by atoms with E-state index in [1.165, 1.54) is 45.4 Å². The molecule has 0 radical (unpaired) electrons. The third-order valence-electron chi connectivity index (χ3n) is 6.55. The summed E-state index contributed by atoms with van der Waals surface area (Å²) in [5.74, 6) is 2.69. The topological polar surface area (TPSA) is 58.2 Å². The molecule has 1 aromatic rings. The van der Waals surface area contributed by atoms with Gasteiger partial charge in [0.05, 0.1) is 0 Å². The Labute approximate surface area is 149 Å². The van der Waals surface area contributed by atoms with Crippen LogP contribution in [0.4, 0.5) is 5.69 Å². The van der Waals surface area contributed by atoms with Gasteiger partial charge in [0.15, 0.2) is 0 Å². The molecule has 2 amide bonds. The van der Waals surface area contributed by atoms with Gasteiger partial charge in [-0.2, -0.15) is 0 Å². The van der Waals surface area contributed by atoms with E-state index in [0.29, 0.717) is 16.7 Å². The van der Waals surface area contributed by atoms with Gasteiger partial charge in [-0.1, -0.05) is 6.07 Å². The van der Waals surface area contributed by atoms with Crippen LogP contribution in [-0.4, -0.2) is 18.4 Å². The molecule has 5 rings (SSSR count). The SMILES string of the molecule is CC(=O)Nc1cccc(C(=O)NCCC23CC4CC(CC(C4)C2)C3)c1. The molecule has 134 valence electrons. The van der Waals surface area contributed by atoms with E-state index in [2.05, 4.69) is 10.6 Å². The Kier molecular flexibility index (Phi) is 4.30. The van der Waals surface area contributed by atoms with Crippen molar-refractivity contribution in [2.75, 3.05) is 11.9 Å². The van der Waals surface area contributed by atoms with Crippen molar-refractivity contribution in [1.82, 2.24) is 5.32 Å². The minimum Gasteiger partial charge on any atom is -0.352 e. The number of amides is 2. The summed E-state index contributed by atoms with van der Waals surface area (Å²) in [4.78, 5) is 23.6. The lowest BCUT2D eigenvalue weighted by molar-refractivity contribution is -0.114. The lowest BCUT2D eigenvalue weighted by Gasteiger charge is -2.57. The fourth-order valence-electron chi connectivity index (χ4n) is 6.08. The highest BCUT2D eigenvalue weighted by Crippen LogP contribution is 2.61. The highest BCUT2D eigenvalue weighted by molar-refractivity contribution is 5.96. The van der Waals surface area contributed by atoms with Gasteiger partial charge in [-0.3, -0.25) is 9.59 Å². The summed E-state index contributed by atoms with van der Waals surface area (Å²) in [5.41, 5.74) is 1.78. The maximum atomic E-state index is 12.4. The maximum Gasteiger partial charge on any atom is 0.251 e. The number of anilines is 1. The van der Waals surface area contributed by atoms with Crippen molar-refractivity contribution in [3.8, 4) is 0 Å². The second-order valence-electron chi connectivity index (χ2n) is 8.69. The quantitative estimate of drug-likeness (QED) is 0.852. The van der Waals surface area contributed by atoms with Crippen molar-refractivity contribution >= 4 is 17.5 Å². The van der Waals surface area contributed by atoms with Crippen molar-refractivity contribution in [2.45, 2.75) is 51.9 Å². The van der Waals surface area contributed by atoms with Gasteiger partial charge in [0.25, 0.3) is 5.91 Å². The minimum absolute atomic E-state index is 0.0445. The molecule has 0 spiro atoms. The molecule has 0 saturated heterocycles. The average molecular weight is 340 g/mol. The first-order chi connectivity index (χ1) is 12.0. The van der Waals surface area contributed by atoms with Crippen molar-refractivity contribution in [1.29, 1.82) is 0 Å². The van der Waals surface area contributed by atoms with E-state index in [1.54, 1.807) is 24.3 Å². The highest BCUT2D eigenvalue weighted by atomic mass is 16.2. The average Bonchev–Trinajstić information content (AvgIpc) is 2.53. The molecule has 0 atom stereocenters. The number of benzene rings is 1. The number of carbonyl (C=O) groups excluding carboxylic acids is 2. The Morgan fingerprint density at radius 3 is 2.32 bits per heavy atom. The number of rotatable bonds is 5. The standard InChI is InChI=1S/C21H28N2O2/c1-14(24)23-19-4-2-3-18(10-19)20(25)22-6-5-21-11-15-7-16(12-21)9-17(8-15)13-21/h2-4,10,15-17H,5-9,11-13H2,1H3,(H,22,25)(H,23,24). The van der Waals surface area contributed by atoms with Crippen molar-refractivity contribution < 1.29 is 9.59 Å². The molecule has 4 bridgehead atoms. The van der Waals surface area contributed by atoms with E-state index in [1.807, 2.05) is 0 Å². The van der Waals surface area contributed by atoms with E-state index >= 15 is 0 Å².